The summed E-state index contributed by atoms with van der Waals surface area (Å²) in [6.07, 6.45) is 4.40. The van der Waals surface area contributed by atoms with Gasteiger partial charge in [0, 0.05) is 12.4 Å². The van der Waals surface area contributed by atoms with E-state index in [0.29, 0.717) is 5.69 Å². The molecule has 1 aromatic heterocycles. The quantitative estimate of drug-likeness (QED) is 0.440. The Balaban J connectivity index is 2.77. The molecule has 6 heteroatoms. The first-order valence-corrected chi connectivity index (χ1v) is 7.86. The van der Waals surface area contributed by atoms with E-state index in [1.807, 2.05) is 25.7 Å². The van der Waals surface area contributed by atoms with Gasteiger partial charge in [0.2, 0.25) is 0 Å². The van der Waals surface area contributed by atoms with Crippen LogP contribution in [0.5, 0.6) is 0 Å². The molecular weight excluding hydrogens is 208 g/mol. The second-order valence-electron chi connectivity index (χ2n) is 3.84. The predicted molar refractivity (Wildman–Crippen MR) is 58.8 cm³/mol. The second-order valence-corrected chi connectivity index (χ2v) is 8.25. The summed E-state index contributed by atoms with van der Waals surface area (Å²) in [6, 6.07) is 1.93. The van der Waals surface area contributed by atoms with Crippen molar-refractivity contribution in [3.63, 3.8) is 0 Å². The van der Waals surface area contributed by atoms with E-state index in [4.69, 9.17) is 9.79 Å². The van der Waals surface area contributed by atoms with Crippen LogP contribution in [0.3, 0.4) is 0 Å². The molecule has 15 heavy (non-hydrogen) atoms. The van der Waals surface area contributed by atoms with Gasteiger partial charge in [0.1, 0.15) is 11.8 Å². The summed E-state index contributed by atoms with van der Waals surface area (Å²) in [5.74, 6) is 0. The first-order chi connectivity index (χ1) is 7.03. The highest BCUT2D eigenvalue weighted by molar-refractivity contribution is 6.69. The Labute approximate surface area is 89.6 Å². The molecule has 78 valence electrons. The fourth-order valence-electron chi connectivity index (χ4n) is 0.764. The van der Waals surface area contributed by atoms with Gasteiger partial charge in [-0.05, 0) is 19.6 Å². The molecule has 0 atom stereocenters. The normalized spacial score (nSPS) is 11.3. The number of hydrogen-bond donors (Lipinski definition) is 0. The lowest BCUT2D eigenvalue weighted by Gasteiger charge is -2.11. The van der Waals surface area contributed by atoms with Crippen LogP contribution >= 0.6 is 0 Å². The van der Waals surface area contributed by atoms with E-state index in [-0.39, 0.29) is 5.69 Å². The number of nitriles is 1. The van der Waals surface area contributed by atoms with Crippen molar-refractivity contribution in [2.45, 2.75) is 19.6 Å². The summed E-state index contributed by atoms with van der Waals surface area (Å²) in [5.41, 5.74) is 0.679. The van der Waals surface area contributed by atoms with Gasteiger partial charge in [-0.3, -0.25) is 4.98 Å². The lowest BCUT2D eigenvalue weighted by atomic mass is 10.3. The molecule has 0 aliphatic rings. The van der Waals surface area contributed by atoms with Gasteiger partial charge in [-0.1, -0.05) is 0 Å². The molecule has 0 aromatic carbocycles. The third-order valence-electron chi connectivity index (χ3n) is 1.33. The molecule has 0 saturated carbocycles. The molecule has 0 radical (unpaired) electrons. The van der Waals surface area contributed by atoms with Crippen LogP contribution in [-0.2, 0) is 4.53 Å². The van der Waals surface area contributed by atoms with Crippen LogP contribution < -0.4 is 0 Å². The van der Waals surface area contributed by atoms with Gasteiger partial charge in [-0.2, -0.15) is 5.26 Å². The molecule has 1 aromatic rings. The van der Waals surface area contributed by atoms with Crippen molar-refractivity contribution in [1.29, 1.82) is 5.26 Å². The van der Waals surface area contributed by atoms with E-state index in [9.17, 15) is 0 Å². The zero-order valence-electron chi connectivity index (χ0n) is 8.93. The van der Waals surface area contributed by atoms with Gasteiger partial charge >= 0.3 is 0 Å². The molecule has 0 fully saturated rings. The average molecular weight is 220 g/mol. The number of aromatic nitrogens is 2. The van der Waals surface area contributed by atoms with E-state index in [1.165, 1.54) is 18.6 Å². The zero-order valence-corrected chi connectivity index (χ0v) is 9.93. The molecule has 1 rings (SSSR count). The van der Waals surface area contributed by atoms with Crippen LogP contribution in [0.25, 0.3) is 0 Å². The first kappa shape index (κ1) is 11.3. The zero-order chi connectivity index (χ0) is 11.3. The van der Waals surface area contributed by atoms with E-state index in [2.05, 4.69) is 15.1 Å². The van der Waals surface area contributed by atoms with Crippen molar-refractivity contribution in [1.82, 2.24) is 9.97 Å². The van der Waals surface area contributed by atoms with Crippen LogP contribution in [0.1, 0.15) is 11.4 Å². The minimum absolute atomic E-state index is 0.250. The van der Waals surface area contributed by atoms with Gasteiger partial charge in [0.05, 0.1) is 6.21 Å². The monoisotopic (exact) mass is 220 g/mol. The third-order valence-corrected chi connectivity index (χ3v) is 1.99. The second kappa shape index (κ2) is 4.66. The summed E-state index contributed by atoms with van der Waals surface area (Å²) >= 11 is 0. The van der Waals surface area contributed by atoms with Crippen LogP contribution in [0.4, 0.5) is 0 Å². The van der Waals surface area contributed by atoms with Crippen LogP contribution in [0.2, 0.25) is 19.6 Å². The Hall–Kier alpha value is -1.74. The van der Waals surface area contributed by atoms with Crippen LogP contribution in [-0.4, -0.2) is 24.5 Å². The standard InChI is InChI=1S/C9H12N4OSi/c1-15(2,3)14-13-7-9-8(6-10)11-4-5-12-9/h4-5,7H,1-3H3/b13-7+. The molecule has 0 spiro atoms. The van der Waals surface area contributed by atoms with Crippen molar-refractivity contribution in [2.24, 2.45) is 5.16 Å². The molecule has 0 aliphatic heterocycles. The molecule has 5 nitrogen and oxygen atoms in total. The smallest absolute Gasteiger partial charge is 0.278 e. The maximum absolute atomic E-state index is 8.73. The molecule has 0 unspecified atom stereocenters. The molecule has 0 bridgehead atoms. The summed E-state index contributed by atoms with van der Waals surface area (Å²) in [6.45, 7) is 6.06. The van der Waals surface area contributed by atoms with Crippen LogP contribution in [0, 0.1) is 11.3 Å². The van der Waals surface area contributed by atoms with Crippen molar-refractivity contribution >= 4 is 14.5 Å². The molecule has 0 N–H and O–H groups in total. The largest absolute Gasteiger partial charge is 0.456 e. The molecular formula is C9H12N4OSi. The highest BCUT2D eigenvalue weighted by Gasteiger charge is 2.15. The van der Waals surface area contributed by atoms with E-state index < -0.39 is 8.32 Å². The summed E-state index contributed by atoms with van der Waals surface area (Å²) in [7, 11) is -1.67. The third kappa shape index (κ3) is 3.87. The van der Waals surface area contributed by atoms with Crippen molar-refractivity contribution in [2.75, 3.05) is 0 Å². The number of rotatable bonds is 3. The van der Waals surface area contributed by atoms with Crippen molar-refractivity contribution in [3.8, 4) is 6.07 Å². The van der Waals surface area contributed by atoms with Gasteiger partial charge in [0.25, 0.3) is 8.32 Å². The lowest BCUT2D eigenvalue weighted by molar-refractivity contribution is 0.338. The summed E-state index contributed by atoms with van der Waals surface area (Å²) in [5, 5.41) is 12.5. The molecule has 0 aliphatic carbocycles. The van der Waals surface area contributed by atoms with Gasteiger partial charge < -0.3 is 4.53 Å². The molecule has 0 saturated heterocycles. The summed E-state index contributed by atoms with van der Waals surface area (Å²) < 4.78 is 5.26. The minimum Gasteiger partial charge on any atom is -0.456 e. The fraction of sp³-hybridized carbons (Fsp3) is 0.333. The summed E-state index contributed by atoms with van der Waals surface area (Å²) in [4.78, 5) is 7.82. The van der Waals surface area contributed by atoms with E-state index >= 15 is 0 Å². The topological polar surface area (TPSA) is 71.2 Å². The SMILES string of the molecule is C[Si](C)(C)O/N=C/c1nccnc1C#N. The Morgan fingerprint density at radius 3 is 2.67 bits per heavy atom. The molecule has 0 amide bonds. The van der Waals surface area contributed by atoms with E-state index in [1.54, 1.807) is 0 Å². The first-order valence-electron chi connectivity index (χ1n) is 4.45. The Kier molecular flexibility index (Phi) is 3.52. The minimum atomic E-state index is -1.67. The van der Waals surface area contributed by atoms with Crippen LogP contribution in [0.15, 0.2) is 17.5 Å². The Bertz CT molecular complexity index is 405. The van der Waals surface area contributed by atoms with Crippen molar-refractivity contribution in [3.05, 3.63) is 23.8 Å². The highest BCUT2D eigenvalue weighted by Crippen LogP contribution is 2.03. The van der Waals surface area contributed by atoms with E-state index in [0.717, 1.165) is 0 Å². The number of nitrogens with zero attached hydrogens (tertiary/aromatic N) is 4. The lowest BCUT2D eigenvalue weighted by Crippen LogP contribution is -2.22. The Morgan fingerprint density at radius 1 is 1.40 bits per heavy atom. The number of oxime groups is 1. The predicted octanol–water partition coefficient (Wildman–Crippen LogP) is 1.53. The average Bonchev–Trinajstić information content (AvgIpc) is 2.16. The van der Waals surface area contributed by atoms with Gasteiger partial charge in [0.15, 0.2) is 5.69 Å². The number of hydrogen-bond acceptors (Lipinski definition) is 5. The van der Waals surface area contributed by atoms with Gasteiger partial charge in [-0.25, -0.2) is 4.98 Å². The molecule has 1 heterocycles. The Morgan fingerprint density at radius 2 is 2.07 bits per heavy atom. The van der Waals surface area contributed by atoms with Crippen molar-refractivity contribution < 1.29 is 4.53 Å². The maximum Gasteiger partial charge on any atom is 0.278 e. The fourth-order valence-corrected chi connectivity index (χ4v) is 1.13. The highest BCUT2D eigenvalue weighted by atomic mass is 28.4. The van der Waals surface area contributed by atoms with Gasteiger partial charge in [-0.15, -0.1) is 5.16 Å². The maximum atomic E-state index is 8.73.